The molecule has 24 heavy (non-hydrogen) atoms. The van der Waals surface area contributed by atoms with Crippen molar-refractivity contribution in [2.24, 2.45) is 0 Å². The van der Waals surface area contributed by atoms with Crippen LogP contribution in [-0.2, 0) is 0 Å². The lowest BCUT2D eigenvalue weighted by Crippen LogP contribution is -2.43. The van der Waals surface area contributed by atoms with Gasteiger partial charge in [0.1, 0.15) is 5.69 Å². The van der Waals surface area contributed by atoms with Crippen LogP contribution in [0.4, 0.5) is 0 Å². The molecule has 0 saturated carbocycles. The molecular formula is C18H27N3O3. The molecule has 2 amide bonds. The fourth-order valence-electron chi connectivity index (χ4n) is 3.22. The largest absolute Gasteiger partial charge is 0.369 e. The number of fused-ring (bicyclic) bond motifs is 1. The van der Waals surface area contributed by atoms with Crippen LogP contribution in [0.2, 0.25) is 0 Å². The molecule has 0 saturated heterocycles. The van der Waals surface area contributed by atoms with Gasteiger partial charge in [-0.25, -0.2) is 4.98 Å². The quantitative estimate of drug-likeness (QED) is 0.922. The maximum atomic E-state index is 12.8. The number of aliphatic hydroxyl groups excluding tert-OH is 1. The van der Waals surface area contributed by atoms with Crippen molar-refractivity contribution < 1.29 is 14.7 Å². The van der Waals surface area contributed by atoms with E-state index >= 15 is 0 Å². The Hall–Kier alpha value is -1.95. The van der Waals surface area contributed by atoms with Crippen LogP contribution in [0.3, 0.4) is 0 Å². The second-order valence-electron chi connectivity index (χ2n) is 7.78. The first-order valence-corrected chi connectivity index (χ1v) is 8.31. The first-order valence-electron chi connectivity index (χ1n) is 8.31. The topological polar surface area (TPSA) is 73.7 Å². The van der Waals surface area contributed by atoms with E-state index in [1.165, 1.54) is 11.1 Å². The molecule has 1 N–H and O–H groups in total. The van der Waals surface area contributed by atoms with Gasteiger partial charge in [-0.05, 0) is 54.5 Å². The molecular weight excluding hydrogens is 306 g/mol. The van der Waals surface area contributed by atoms with Crippen LogP contribution in [0.1, 0.15) is 81.1 Å². The lowest BCUT2D eigenvalue weighted by molar-refractivity contribution is -0.0228. The second kappa shape index (κ2) is 6.16. The predicted molar refractivity (Wildman–Crippen MR) is 91.6 cm³/mol. The highest BCUT2D eigenvalue weighted by atomic mass is 16.3. The molecule has 2 rings (SSSR count). The van der Waals surface area contributed by atoms with E-state index in [9.17, 15) is 14.7 Å². The van der Waals surface area contributed by atoms with E-state index in [1.54, 1.807) is 11.0 Å². The first-order chi connectivity index (χ1) is 11.0. The van der Waals surface area contributed by atoms with Crippen molar-refractivity contribution in [2.45, 2.75) is 72.3 Å². The second-order valence-corrected chi connectivity index (χ2v) is 7.78. The molecule has 1 aliphatic heterocycles. The van der Waals surface area contributed by atoms with Crippen LogP contribution < -0.4 is 0 Å². The van der Waals surface area contributed by atoms with E-state index in [0.717, 1.165) is 0 Å². The van der Waals surface area contributed by atoms with Crippen molar-refractivity contribution in [1.82, 2.24) is 14.8 Å². The van der Waals surface area contributed by atoms with Crippen LogP contribution in [-0.4, -0.2) is 49.3 Å². The average molecular weight is 333 g/mol. The molecule has 1 unspecified atom stereocenters. The number of aliphatic hydroxyl groups is 1. The van der Waals surface area contributed by atoms with Crippen LogP contribution >= 0.6 is 0 Å². The Balaban J connectivity index is 2.43. The number of nitrogens with zero attached hydrogens (tertiary/aromatic N) is 3. The molecule has 1 atom stereocenters. The van der Waals surface area contributed by atoms with E-state index in [1.807, 2.05) is 48.5 Å². The minimum atomic E-state index is -1.08. The molecule has 1 aromatic heterocycles. The number of hydrogen-bond donors (Lipinski definition) is 1. The summed E-state index contributed by atoms with van der Waals surface area (Å²) in [5.74, 6) is -0.460. The molecule has 1 aromatic rings. The molecule has 6 heteroatoms. The highest BCUT2D eigenvalue weighted by Gasteiger charge is 2.43. The molecule has 0 spiro atoms. The van der Waals surface area contributed by atoms with Crippen LogP contribution in [0, 0.1) is 0 Å². The molecule has 0 bridgehead atoms. The Labute approximate surface area is 143 Å². The molecule has 1 aliphatic rings. The number of carbonyl (C=O) groups excluding carboxylic acids is 2. The molecule has 0 aromatic carbocycles. The predicted octanol–water partition coefficient (Wildman–Crippen LogP) is 2.59. The van der Waals surface area contributed by atoms with E-state index in [4.69, 9.17) is 0 Å². The van der Waals surface area contributed by atoms with Crippen molar-refractivity contribution in [3.63, 3.8) is 0 Å². The van der Waals surface area contributed by atoms with Gasteiger partial charge in [-0.15, -0.1) is 0 Å². The SMILES string of the molecule is CC(C)N(C(=O)c1cnc2c(c1)C(O)N(C(C)(C)C)C2=O)C(C)C. The van der Waals surface area contributed by atoms with Crippen LogP contribution in [0.5, 0.6) is 0 Å². The Morgan fingerprint density at radius 1 is 1.25 bits per heavy atom. The third-order valence-electron chi connectivity index (χ3n) is 4.18. The molecule has 6 nitrogen and oxygen atoms in total. The zero-order valence-electron chi connectivity index (χ0n) is 15.5. The number of hydrogen-bond acceptors (Lipinski definition) is 4. The third kappa shape index (κ3) is 3.02. The Kier molecular flexibility index (Phi) is 4.72. The summed E-state index contributed by atoms with van der Waals surface area (Å²) in [6.07, 6.45) is 0.342. The van der Waals surface area contributed by atoms with E-state index in [-0.39, 0.29) is 29.6 Å². The maximum Gasteiger partial charge on any atom is 0.275 e. The number of aromatic nitrogens is 1. The fourth-order valence-corrected chi connectivity index (χ4v) is 3.22. The summed E-state index contributed by atoms with van der Waals surface area (Å²) in [5.41, 5.74) is 0.463. The maximum absolute atomic E-state index is 12.8. The van der Waals surface area contributed by atoms with E-state index in [2.05, 4.69) is 4.98 Å². The van der Waals surface area contributed by atoms with Gasteiger partial charge in [0.15, 0.2) is 6.23 Å². The highest BCUT2D eigenvalue weighted by molar-refractivity contribution is 6.00. The smallest absolute Gasteiger partial charge is 0.275 e. The van der Waals surface area contributed by atoms with Crippen molar-refractivity contribution in [3.05, 3.63) is 29.1 Å². The molecule has 0 fully saturated rings. The molecule has 2 heterocycles. The van der Waals surface area contributed by atoms with Gasteiger partial charge in [0.05, 0.1) is 5.56 Å². The van der Waals surface area contributed by atoms with Crippen molar-refractivity contribution in [2.75, 3.05) is 0 Å². The lowest BCUT2D eigenvalue weighted by Gasteiger charge is -2.34. The normalized spacial score (nSPS) is 17.7. The zero-order chi connectivity index (χ0) is 18.4. The summed E-state index contributed by atoms with van der Waals surface area (Å²) in [7, 11) is 0. The van der Waals surface area contributed by atoms with Crippen molar-refractivity contribution in [3.8, 4) is 0 Å². The summed E-state index contributed by atoms with van der Waals surface area (Å²) in [6, 6.07) is 1.68. The van der Waals surface area contributed by atoms with Gasteiger partial charge >= 0.3 is 0 Å². The van der Waals surface area contributed by atoms with Gasteiger partial charge in [-0.3, -0.25) is 9.59 Å². The van der Waals surface area contributed by atoms with Crippen molar-refractivity contribution in [1.29, 1.82) is 0 Å². The summed E-state index contributed by atoms with van der Waals surface area (Å²) < 4.78 is 0. The lowest BCUT2D eigenvalue weighted by atomic mass is 10.1. The minimum absolute atomic E-state index is 0.0448. The van der Waals surface area contributed by atoms with E-state index < -0.39 is 11.8 Å². The van der Waals surface area contributed by atoms with Gasteiger partial charge in [-0.1, -0.05) is 0 Å². The number of carbonyl (C=O) groups is 2. The molecule has 0 aliphatic carbocycles. The van der Waals surface area contributed by atoms with E-state index in [0.29, 0.717) is 11.1 Å². The van der Waals surface area contributed by atoms with Gasteiger partial charge < -0.3 is 14.9 Å². The van der Waals surface area contributed by atoms with Gasteiger partial charge in [0.25, 0.3) is 11.8 Å². The molecule has 132 valence electrons. The monoisotopic (exact) mass is 333 g/mol. The van der Waals surface area contributed by atoms with Gasteiger partial charge in [-0.2, -0.15) is 0 Å². The average Bonchev–Trinajstić information content (AvgIpc) is 2.69. The fraction of sp³-hybridized carbons (Fsp3) is 0.611. The zero-order valence-corrected chi connectivity index (χ0v) is 15.5. The third-order valence-corrected chi connectivity index (χ3v) is 4.18. The Bertz CT molecular complexity index is 654. The summed E-state index contributed by atoms with van der Waals surface area (Å²) in [6.45, 7) is 13.4. The minimum Gasteiger partial charge on any atom is -0.369 e. The number of amides is 2. The first kappa shape index (κ1) is 18.4. The summed E-state index contributed by atoms with van der Waals surface area (Å²) in [4.78, 5) is 32.6. The van der Waals surface area contributed by atoms with Crippen molar-refractivity contribution >= 4 is 11.8 Å². The van der Waals surface area contributed by atoms with Gasteiger partial charge in [0.2, 0.25) is 0 Å². The standard InChI is InChI=1S/C18H27N3O3/c1-10(2)20(11(3)4)15(22)12-8-13-14(19-9-12)17(24)21(16(13)23)18(5,6)7/h8-11,16,23H,1-7H3. The molecule has 0 radical (unpaired) electrons. The number of pyridine rings is 1. The van der Waals surface area contributed by atoms with Crippen LogP contribution in [0.15, 0.2) is 12.3 Å². The Morgan fingerprint density at radius 3 is 2.25 bits per heavy atom. The van der Waals surface area contributed by atoms with Gasteiger partial charge in [0, 0.05) is 29.4 Å². The summed E-state index contributed by atoms with van der Waals surface area (Å²) >= 11 is 0. The summed E-state index contributed by atoms with van der Waals surface area (Å²) in [5, 5.41) is 10.6. The number of rotatable bonds is 3. The van der Waals surface area contributed by atoms with Crippen LogP contribution in [0.25, 0.3) is 0 Å². The Morgan fingerprint density at radius 2 is 1.79 bits per heavy atom. The highest BCUT2D eigenvalue weighted by Crippen LogP contribution is 2.36.